The van der Waals surface area contributed by atoms with Crippen molar-refractivity contribution in [3.05, 3.63) is 11.6 Å². The summed E-state index contributed by atoms with van der Waals surface area (Å²) in [6, 6.07) is 0. The van der Waals surface area contributed by atoms with E-state index in [2.05, 4.69) is 13.0 Å². The molecule has 0 radical (unpaired) electrons. The average Bonchev–Trinajstić information content (AvgIpc) is 2.08. The summed E-state index contributed by atoms with van der Waals surface area (Å²) in [5, 5.41) is 18.4. The fraction of sp³-hybridized carbons (Fsp3) is 0.800. The Morgan fingerprint density at radius 2 is 2.33 bits per heavy atom. The number of hydrogen-bond donors (Lipinski definition) is 2. The molecule has 0 aromatic heterocycles. The Labute approximate surface area is 73.9 Å². The second kappa shape index (κ2) is 4.06. The van der Waals surface area contributed by atoms with E-state index >= 15 is 0 Å². The van der Waals surface area contributed by atoms with Crippen molar-refractivity contribution in [3.63, 3.8) is 0 Å². The van der Waals surface area contributed by atoms with Crippen LogP contribution in [0.15, 0.2) is 11.6 Å². The summed E-state index contributed by atoms with van der Waals surface area (Å²) < 4.78 is 0. The molecule has 3 unspecified atom stereocenters. The lowest BCUT2D eigenvalue weighted by Gasteiger charge is -2.29. The van der Waals surface area contributed by atoms with Gasteiger partial charge in [0.15, 0.2) is 0 Å². The fourth-order valence-electron chi connectivity index (χ4n) is 1.86. The summed E-state index contributed by atoms with van der Waals surface area (Å²) in [5.74, 6) is 0.648. The molecule has 0 fully saturated rings. The molecule has 0 spiro atoms. The molecule has 0 aromatic rings. The van der Waals surface area contributed by atoms with Gasteiger partial charge in [-0.3, -0.25) is 0 Å². The molecule has 0 bridgehead atoms. The van der Waals surface area contributed by atoms with Crippen molar-refractivity contribution >= 4 is 0 Å². The lowest BCUT2D eigenvalue weighted by molar-refractivity contribution is 0.111. The Balaban J connectivity index is 2.62. The van der Waals surface area contributed by atoms with E-state index in [9.17, 15) is 5.11 Å². The van der Waals surface area contributed by atoms with Crippen LogP contribution < -0.4 is 0 Å². The first-order valence-corrected chi connectivity index (χ1v) is 4.60. The summed E-state index contributed by atoms with van der Waals surface area (Å²) >= 11 is 0. The minimum atomic E-state index is -0.201. The Kier molecular flexibility index (Phi) is 3.29. The van der Waals surface area contributed by atoms with Crippen LogP contribution in [0.25, 0.3) is 0 Å². The van der Waals surface area contributed by atoms with Gasteiger partial charge in [-0.15, -0.1) is 0 Å². The molecule has 0 aliphatic heterocycles. The first kappa shape index (κ1) is 9.75. The molecule has 0 amide bonds. The minimum absolute atomic E-state index is 0.201. The Morgan fingerprint density at radius 1 is 1.67 bits per heavy atom. The highest BCUT2D eigenvalue weighted by atomic mass is 16.3. The van der Waals surface area contributed by atoms with Gasteiger partial charge in [-0.25, -0.2) is 0 Å². The summed E-state index contributed by atoms with van der Waals surface area (Å²) in [4.78, 5) is 0. The van der Waals surface area contributed by atoms with E-state index in [1.54, 1.807) is 0 Å². The highest BCUT2D eigenvalue weighted by Crippen LogP contribution is 2.30. The van der Waals surface area contributed by atoms with Crippen LogP contribution in [0.5, 0.6) is 0 Å². The molecule has 1 aliphatic carbocycles. The highest BCUT2D eigenvalue weighted by Gasteiger charge is 2.24. The maximum Gasteiger partial charge on any atom is 0.0580 e. The summed E-state index contributed by atoms with van der Waals surface area (Å²) in [6.45, 7) is 4.32. The predicted molar refractivity (Wildman–Crippen MR) is 48.7 cm³/mol. The number of aliphatic hydroxyl groups excluding tert-OH is 2. The third-order valence-electron chi connectivity index (χ3n) is 2.80. The van der Waals surface area contributed by atoms with E-state index in [-0.39, 0.29) is 18.6 Å². The number of aliphatic hydroxyl groups is 2. The molecule has 0 saturated heterocycles. The van der Waals surface area contributed by atoms with Crippen molar-refractivity contribution in [2.24, 2.45) is 11.8 Å². The van der Waals surface area contributed by atoms with Crippen LogP contribution in [0, 0.1) is 11.8 Å². The molecule has 2 heteroatoms. The zero-order valence-corrected chi connectivity index (χ0v) is 7.83. The first-order chi connectivity index (χ1) is 5.65. The van der Waals surface area contributed by atoms with Crippen LogP contribution in [0.4, 0.5) is 0 Å². The van der Waals surface area contributed by atoms with Crippen molar-refractivity contribution in [2.45, 2.75) is 32.8 Å². The molecule has 1 aliphatic rings. The van der Waals surface area contributed by atoms with Gasteiger partial charge in [0.05, 0.1) is 6.10 Å². The van der Waals surface area contributed by atoms with Crippen LogP contribution in [0.1, 0.15) is 26.7 Å². The van der Waals surface area contributed by atoms with Crippen molar-refractivity contribution in [1.82, 2.24) is 0 Å². The molecule has 0 heterocycles. The smallest absolute Gasteiger partial charge is 0.0580 e. The number of hydrogen-bond acceptors (Lipinski definition) is 2. The molecule has 12 heavy (non-hydrogen) atoms. The van der Waals surface area contributed by atoms with E-state index in [0.29, 0.717) is 5.92 Å². The van der Waals surface area contributed by atoms with Crippen molar-refractivity contribution in [2.75, 3.05) is 6.61 Å². The first-order valence-electron chi connectivity index (χ1n) is 4.60. The number of rotatable bonds is 2. The average molecular weight is 170 g/mol. The largest absolute Gasteiger partial charge is 0.396 e. The van der Waals surface area contributed by atoms with E-state index in [1.807, 2.05) is 6.92 Å². The Morgan fingerprint density at radius 3 is 2.92 bits per heavy atom. The van der Waals surface area contributed by atoms with Crippen LogP contribution in [-0.4, -0.2) is 22.9 Å². The standard InChI is InChI=1S/C10H18O2/c1-7-3-4-9(12)5-10(7)8(2)6-11/h3,8-12H,4-6H2,1-2H3. The Bertz CT molecular complexity index is 175. The van der Waals surface area contributed by atoms with Gasteiger partial charge < -0.3 is 10.2 Å². The van der Waals surface area contributed by atoms with E-state index in [0.717, 1.165) is 12.8 Å². The van der Waals surface area contributed by atoms with Crippen molar-refractivity contribution in [3.8, 4) is 0 Å². The third kappa shape index (κ3) is 2.08. The maximum atomic E-state index is 9.42. The highest BCUT2D eigenvalue weighted by molar-refractivity contribution is 5.09. The summed E-state index contributed by atoms with van der Waals surface area (Å²) in [5.41, 5.74) is 1.32. The van der Waals surface area contributed by atoms with Crippen LogP contribution in [0.2, 0.25) is 0 Å². The lowest BCUT2D eigenvalue weighted by Crippen LogP contribution is -2.25. The van der Waals surface area contributed by atoms with Crippen LogP contribution >= 0.6 is 0 Å². The molecule has 3 atom stereocenters. The van der Waals surface area contributed by atoms with Gasteiger partial charge in [0.2, 0.25) is 0 Å². The zero-order chi connectivity index (χ0) is 9.14. The molecule has 0 aromatic carbocycles. The van der Waals surface area contributed by atoms with Crippen molar-refractivity contribution in [1.29, 1.82) is 0 Å². The van der Waals surface area contributed by atoms with E-state index in [1.165, 1.54) is 5.57 Å². The second-order valence-electron chi connectivity index (χ2n) is 3.84. The molecule has 2 nitrogen and oxygen atoms in total. The third-order valence-corrected chi connectivity index (χ3v) is 2.80. The maximum absolute atomic E-state index is 9.42. The van der Waals surface area contributed by atoms with Crippen LogP contribution in [0.3, 0.4) is 0 Å². The lowest BCUT2D eigenvalue weighted by atomic mass is 9.79. The summed E-state index contributed by atoms with van der Waals surface area (Å²) in [6.07, 6.45) is 3.47. The molecule has 0 saturated carbocycles. The van der Waals surface area contributed by atoms with Gasteiger partial charge >= 0.3 is 0 Å². The van der Waals surface area contributed by atoms with Gasteiger partial charge in [-0.1, -0.05) is 18.6 Å². The van der Waals surface area contributed by atoms with Gasteiger partial charge in [0, 0.05) is 6.61 Å². The predicted octanol–water partition coefficient (Wildman–Crippen LogP) is 1.33. The quantitative estimate of drug-likeness (QED) is 0.614. The van der Waals surface area contributed by atoms with Gasteiger partial charge in [-0.2, -0.15) is 0 Å². The molecule has 1 rings (SSSR count). The Hall–Kier alpha value is -0.340. The minimum Gasteiger partial charge on any atom is -0.396 e. The monoisotopic (exact) mass is 170 g/mol. The van der Waals surface area contributed by atoms with Gasteiger partial charge in [-0.05, 0) is 31.6 Å². The van der Waals surface area contributed by atoms with Gasteiger partial charge in [0.25, 0.3) is 0 Å². The molecular weight excluding hydrogens is 152 g/mol. The molecule has 2 N–H and O–H groups in total. The number of allylic oxidation sites excluding steroid dienone is 1. The van der Waals surface area contributed by atoms with Crippen molar-refractivity contribution < 1.29 is 10.2 Å². The normalized spacial score (nSPS) is 32.8. The summed E-state index contributed by atoms with van der Waals surface area (Å²) in [7, 11) is 0. The van der Waals surface area contributed by atoms with Gasteiger partial charge in [0.1, 0.15) is 0 Å². The fourth-order valence-corrected chi connectivity index (χ4v) is 1.86. The van der Waals surface area contributed by atoms with Crippen LogP contribution in [-0.2, 0) is 0 Å². The molecular formula is C10H18O2. The second-order valence-corrected chi connectivity index (χ2v) is 3.84. The van der Waals surface area contributed by atoms with E-state index in [4.69, 9.17) is 5.11 Å². The topological polar surface area (TPSA) is 40.5 Å². The van der Waals surface area contributed by atoms with E-state index < -0.39 is 0 Å². The zero-order valence-electron chi connectivity index (χ0n) is 7.83. The SMILES string of the molecule is CC1=CCC(O)CC1C(C)CO. The molecule has 70 valence electrons.